The van der Waals surface area contributed by atoms with Gasteiger partial charge in [0.15, 0.2) is 0 Å². The Morgan fingerprint density at radius 2 is 2.27 bits per heavy atom. The number of rotatable bonds is 1. The van der Waals surface area contributed by atoms with Gasteiger partial charge in [0.1, 0.15) is 5.82 Å². The highest BCUT2D eigenvalue weighted by Gasteiger charge is 2.03. The maximum Gasteiger partial charge on any atom is 0.384 e. The second-order valence-electron chi connectivity index (χ2n) is 2.45. The number of carbonyl (C=O) groups is 1. The molecular weight excluding hydrogens is 201 g/mol. The highest BCUT2D eigenvalue weighted by atomic mass is 19.1. The third kappa shape index (κ3) is 2.95. The van der Waals surface area contributed by atoms with Crippen LogP contribution in [0.15, 0.2) is 12.3 Å². The van der Waals surface area contributed by atoms with E-state index in [4.69, 9.17) is 4.74 Å². The van der Waals surface area contributed by atoms with Crippen LogP contribution in [0.25, 0.3) is 0 Å². The molecule has 1 heterocycles. The van der Waals surface area contributed by atoms with Crippen LogP contribution in [-0.4, -0.2) is 25.2 Å². The minimum atomic E-state index is -0.707. The van der Waals surface area contributed by atoms with Crippen molar-refractivity contribution in [2.45, 2.75) is 0 Å². The van der Waals surface area contributed by atoms with E-state index in [2.05, 4.69) is 21.6 Å². The number of hydrogen-bond acceptors (Lipinski definition) is 4. The molecule has 1 aromatic rings. The maximum absolute atomic E-state index is 12.8. The Labute approximate surface area is 86.0 Å². The van der Waals surface area contributed by atoms with E-state index in [0.29, 0.717) is 0 Å². The first kappa shape index (κ1) is 11.0. The van der Waals surface area contributed by atoms with Crippen LogP contribution in [0, 0.1) is 17.7 Å². The number of halogens is 1. The van der Waals surface area contributed by atoms with E-state index in [1.54, 1.807) is 0 Å². The van der Waals surface area contributed by atoms with E-state index in [1.807, 2.05) is 0 Å². The van der Waals surface area contributed by atoms with Crippen molar-refractivity contribution in [1.29, 1.82) is 0 Å². The fourth-order valence-corrected chi connectivity index (χ4v) is 0.848. The minimum Gasteiger partial charge on any atom is -0.480 e. The number of aromatic nitrogens is 1. The van der Waals surface area contributed by atoms with Gasteiger partial charge in [-0.1, -0.05) is 0 Å². The van der Waals surface area contributed by atoms with Gasteiger partial charge in [-0.05, 0) is 12.0 Å². The van der Waals surface area contributed by atoms with Crippen LogP contribution in [-0.2, 0) is 9.53 Å². The molecule has 15 heavy (non-hydrogen) atoms. The van der Waals surface area contributed by atoms with Crippen molar-refractivity contribution in [2.24, 2.45) is 0 Å². The largest absolute Gasteiger partial charge is 0.480 e. The summed E-state index contributed by atoms with van der Waals surface area (Å²) in [6.07, 6.45) is 1.00. The highest BCUT2D eigenvalue weighted by molar-refractivity contribution is 5.89. The Hall–Kier alpha value is -2.09. The molecule has 0 aliphatic heterocycles. The summed E-state index contributed by atoms with van der Waals surface area (Å²) in [4.78, 5) is 14.4. The van der Waals surface area contributed by atoms with Gasteiger partial charge in [-0.25, -0.2) is 14.2 Å². The Kier molecular flexibility index (Phi) is 3.63. The lowest BCUT2D eigenvalue weighted by atomic mass is 10.2. The molecule has 0 saturated heterocycles. The zero-order valence-corrected chi connectivity index (χ0v) is 8.20. The van der Waals surface area contributed by atoms with Crippen LogP contribution in [0.3, 0.4) is 0 Å². The van der Waals surface area contributed by atoms with Gasteiger partial charge < -0.3 is 9.47 Å². The second-order valence-corrected chi connectivity index (χ2v) is 2.45. The van der Waals surface area contributed by atoms with Gasteiger partial charge in [-0.15, -0.1) is 0 Å². The van der Waals surface area contributed by atoms with Crippen molar-refractivity contribution in [3.63, 3.8) is 0 Å². The number of carbonyl (C=O) groups excluding carboxylic acids is 1. The lowest BCUT2D eigenvalue weighted by molar-refractivity contribution is -0.133. The van der Waals surface area contributed by atoms with Gasteiger partial charge >= 0.3 is 5.97 Å². The van der Waals surface area contributed by atoms with Crippen LogP contribution >= 0.6 is 0 Å². The first-order valence-electron chi connectivity index (χ1n) is 3.97. The van der Waals surface area contributed by atoms with Crippen molar-refractivity contribution in [2.75, 3.05) is 14.2 Å². The molecule has 0 saturated carbocycles. The summed E-state index contributed by atoms with van der Waals surface area (Å²) in [6.45, 7) is 0. The smallest absolute Gasteiger partial charge is 0.384 e. The molecule has 78 valence electrons. The van der Waals surface area contributed by atoms with Gasteiger partial charge in [0.25, 0.3) is 0 Å². The fraction of sp³-hybridized carbons (Fsp3) is 0.200. The Morgan fingerprint density at radius 3 is 2.87 bits per heavy atom. The molecule has 0 aliphatic carbocycles. The lowest BCUT2D eigenvalue weighted by Crippen LogP contribution is -1.96. The molecule has 0 unspecified atom stereocenters. The molecule has 0 radical (unpaired) electrons. The topological polar surface area (TPSA) is 48.4 Å². The molecule has 1 rings (SSSR count). The predicted octanol–water partition coefficient (Wildman–Crippen LogP) is 0.754. The number of ether oxygens (including phenoxy) is 2. The summed E-state index contributed by atoms with van der Waals surface area (Å²) in [5.74, 6) is 3.46. The molecule has 1 aromatic heterocycles. The monoisotopic (exact) mass is 209 g/mol. The van der Waals surface area contributed by atoms with E-state index in [9.17, 15) is 9.18 Å². The predicted molar refractivity (Wildman–Crippen MR) is 49.6 cm³/mol. The first-order valence-corrected chi connectivity index (χ1v) is 3.97. The van der Waals surface area contributed by atoms with E-state index in [0.717, 1.165) is 12.3 Å². The normalized spacial score (nSPS) is 8.73. The average molecular weight is 209 g/mol. The van der Waals surface area contributed by atoms with E-state index in [1.165, 1.54) is 14.2 Å². The fourth-order valence-electron chi connectivity index (χ4n) is 0.848. The summed E-state index contributed by atoms with van der Waals surface area (Å²) in [7, 11) is 2.58. The number of esters is 1. The molecule has 5 heteroatoms. The molecule has 0 N–H and O–H groups in total. The number of pyridine rings is 1. The number of methoxy groups -OCH3 is 2. The molecule has 0 spiro atoms. The van der Waals surface area contributed by atoms with Crippen molar-refractivity contribution in [3.05, 3.63) is 23.6 Å². The molecule has 0 bridgehead atoms. The van der Waals surface area contributed by atoms with E-state index in [-0.39, 0.29) is 11.4 Å². The SMILES string of the molecule is COC(=O)C#Cc1cc(F)cnc1OC. The highest BCUT2D eigenvalue weighted by Crippen LogP contribution is 2.13. The Bertz CT molecular complexity index is 434. The van der Waals surface area contributed by atoms with Crippen molar-refractivity contribution in [3.8, 4) is 17.7 Å². The van der Waals surface area contributed by atoms with Gasteiger partial charge in [0.2, 0.25) is 5.88 Å². The van der Waals surface area contributed by atoms with Crippen molar-refractivity contribution in [1.82, 2.24) is 4.98 Å². The van der Waals surface area contributed by atoms with Gasteiger partial charge in [0, 0.05) is 5.92 Å². The van der Waals surface area contributed by atoms with Crippen molar-refractivity contribution >= 4 is 5.97 Å². The van der Waals surface area contributed by atoms with E-state index >= 15 is 0 Å². The summed E-state index contributed by atoms with van der Waals surface area (Å²) < 4.78 is 21.9. The molecule has 0 atom stereocenters. The molecule has 0 aromatic carbocycles. The van der Waals surface area contributed by atoms with Gasteiger partial charge in [-0.2, -0.15) is 0 Å². The third-order valence-electron chi connectivity index (χ3n) is 1.50. The van der Waals surface area contributed by atoms with Crippen LogP contribution in [0.4, 0.5) is 4.39 Å². The molecule has 4 nitrogen and oxygen atoms in total. The summed E-state index contributed by atoms with van der Waals surface area (Å²) in [5.41, 5.74) is 0.197. The standard InChI is InChI=1S/C10H8FNO3/c1-14-9(13)4-3-7-5-8(11)6-12-10(7)15-2/h5-6H,1-2H3. The quantitative estimate of drug-likeness (QED) is 0.506. The number of nitrogens with zero attached hydrogens (tertiary/aromatic N) is 1. The average Bonchev–Trinajstić information content (AvgIpc) is 2.26. The molecular formula is C10H8FNO3. The summed E-state index contributed by atoms with van der Waals surface area (Å²) in [6, 6.07) is 1.13. The van der Waals surface area contributed by atoms with Crippen LogP contribution in [0.5, 0.6) is 5.88 Å². The zero-order chi connectivity index (χ0) is 11.3. The van der Waals surface area contributed by atoms with Crippen molar-refractivity contribution < 1.29 is 18.7 Å². The Morgan fingerprint density at radius 1 is 1.53 bits per heavy atom. The van der Waals surface area contributed by atoms with Crippen LogP contribution in [0.2, 0.25) is 0 Å². The molecule has 0 amide bonds. The van der Waals surface area contributed by atoms with Gasteiger partial charge in [0.05, 0.1) is 26.0 Å². The lowest BCUT2D eigenvalue weighted by Gasteiger charge is -2.00. The minimum absolute atomic E-state index is 0.160. The first-order chi connectivity index (χ1) is 7.17. The third-order valence-corrected chi connectivity index (χ3v) is 1.50. The van der Waals surface area contributed by atoms with E-state index < -0.39 is 11.8 Å². The maximum atomic E-state index is 12.8. The number of hydrogen-bond donors (Lipinski definition) is 0. The Balaban J connectivity index is 3.05. The second kappa shape index (κ2) is 4.96. The molecule has 0 fully saturated rings. The van der Waals surface area contributed by atoms with Gasteiger partial charge in [-0.3, -0.25) is 0 Å². The molecule has 0 aliphatic rings. The van der Waals surface area contributed by atoms with Crippen LogP contribution in [0.1, 0.15) is 5.56 Å². The summed E-state index contributed by atoms with van der Waals surface area (Å²) >= 11 is 0. The summed E-state index contributed by atoms with van der Waals surface area (Å²) in [5, 5.41) is 0. The zero-order valence-electron chi connectivity index (χ0n) is 8.20. The van der Waals surface area contributed by atoms with Crippen LogP contribution < -0.4 is 4.74 Å².